The van der Waals surface area contributed by atoms with Crippen molar-refractivity contribution in [1.82, 2.24) is 5.32 Å². The molecule has 0 fully saturated rings. The number of esters is 1. The fraction of sp³-hybridized carbons (Fsp3) is 0.235. The predicted molar refractivity (Wildman–Crippen MR) is 134 cm³/mol. The first-order valence-corrected chi connectivity index (χ1v) is 11.7. The minimum Gasteiger partial charge on any atom is -0.506 e. The number of halogens is 4. The second kappa shape index (κ2) is 10.2. The molecule has 9 heteroatoms. The summed E-state index contributed by atoms with van der Waals surface area (Å²) < 4.78 is 14.3. The van der Waals surface area contributed by atoms with Crippen LogP contribution in [0.15, 0.2) is 24.3 Å². The molecule has 140 valence electrons. The highest BCUT2D eigenvalue weighted by atomic mass is 127. The van der Waals surface area contributed by atoms with Gasteiger partial charge in [-0.3, -0.25) is 4.79 Å². The molecule has 2 rings (SSSR count). The van der Waals surface area contributed by atoms with Crippen LogP contribution in [-0.2, 0) is 16.0 Å². The number of phenolic OH excluding ortho intramolecular Hbond substituents is 1. The van der Waals surface area contributed by atoms with Crippen LogP contribution in [0.3, 0.4) is 0 Å². The minimum absolute atomic E-state index is 0.263. The fourth-order valence-electron chi connectivity index (χ4n) is 2.23. The summed E-state index contributed by atoms with van der Waals surface area (Å²) in [5.41, 5.74) is 1.02. The predicted octanol–water partition coefficient (Wildman–Crippen LogP) is 4.91. The van der Waals surface area contributed by atoms with Crippen LogP contribution in [0.25, 0.3) is 0 Å². The van der Waals surface area contributed by atoms with Gasteiger partial charge in [-0.2, -0.15) is 0 Å². The van der Waals surface area contributed by atoms with Gasteiger partial charge < -0.3 is 19.9 Å². The summed E-state index contributed by atoms with van der Waals surface area (Å²) in [4.78, 5) is 11.8. The molecule has 2 aromatic carbocycles. The van der Waals surface area contributed by atoms with Gasteiger partial charge in [0.05, 0.1) is 21.4 Å². The highest BCUT2D eigenvalue weighted by Crippen LogP contribution is 2.36. The number of rotatable bonds is 6. The molecule has 1 unspecified atom stereocenters. The molecule has 0 aliphatic carbocycles. The highest BCUT2D eigenvalue weighted by molar-refractivity contribution is 14.1. The van der Waals surface area contributed by atoms with Crippen molar-refractivity contribution in [2.45, 2.75) is 12.5 Å². The normalized spacial score (nSPS) is 11.9. The van der Waals surface area contributed by atoms with Gasteiger partial charge >= 0.3 is 5.97 Å². The van der Waals surface area contributed by atoms with E-state index in [0.717, 1.165) is 25.6 Å². The molecule has 2 N–H and O–H groups in total. The van der Waals surface area contributed by atoms with Gasteiger partial charge in [-0.1, -0.05) is 0 Å². The number of phenols is 1. The molecule has 0 saturated heterocycles. The molecule has 0 aromatic heterocycles. The van der Waals surface area contributed by atoms with Crippen molar-refractivity contribution in [2.75, 3.05) is 14.2 Å². The molecule has 0 saturated carbocycles. The first kappa shape index (κ1) is 22.7. The van der Waals surface area contributed by atoms with Crippen molar-refractivity contribution >= 4 is 96.3 Å². The zero-order valence-electron chi connectivity index (χ0n) is 13.8. The van der Waals surface area contributed by atoms with Crippen molar-refractivity contribution in [2.24, 2.45) is 0 Å². The first-order chi connectivity index (χ1) is 12.3. The Morgan fingerprint density at radius 3 is 2.08 bits per heavy atom. The van der Waals surface area contributed by atoms with E-state index in [1.807, 2.05) is 12.1 Å². The van der Waals surface area contributed by atoms with Crippen molar-refractivity contribution in [3.8, 4) is 17.2 Å². The van der Waals surface area contributed by atoms with Crippen LogP contribution >= 0.6 is 90.4 Å². The number of carbonyl (C=O) groups excluding carboxylic acids is 1. The van der Waals surface area contributed by atoms with Gasteiger partial charge in [0.2, 0.25) is 0 Å². The molecular weight excluding hydrogens is 790 g/mol. The maximum Gasteiger partial charge on any atom is 0.323 e. The van der Waals surface area contributed by atoms with Crippen molar-refractivity contribution in [3.05, 3.63) is 44.1 Å². The summed E-state index contributed by atoms with van der Waals surface area (Å²) in [6.07, 6.45) is 0.532. The number of hydrogen-bond donors (Lipinski definition) is 2. The molecule has 0 bridgehead atoms. The van der Waals surface area contributed by atoms with E-state index in [9.17, 15) is 9.90 Å². The van der Waals surface area contributed by atoms with Crippen LogP contribution < -0.4 is 10.1 Å². The Kier molecular flexibility index (Phi) is 8.94. The summed E-state index contributed by atoms with van der Waals surface area (Å²) in [5.74, 6) is 1.40. The largest absolute Gasteiger partial charge is 0.506 e. The second-order valence-corrected chi connectivity index (χ2v) is 9.94. The van der Waals surface area contributed by atoms with Gasteiger partial charge in [0.1, 0.15) is 17.5 Å². The SMILES string of the molecule is CNC(Cc1cc(I)c(Oc2cc(I)c(O)c(I)c2)c(I)c1)C(=O)OC. The number of likely N-dealkylation sites (N-methyl/N-ethyl adjacent to an activating group) is 1. The number of aromatic hydroxyl groups is 1. The third-order valence-corrected chi connectivity index (χ3v) is 6.79. The van der Waals surface area contributed by atoms with Crippen LogP contribution in [0, 0.1) is 14.3 Å². The Labute approximate surface area is 206 Å². The Hall–Kier alpha value is 0.390. The minimum atomic E-state index is -0.390. The second-order valence-electron chi connectivity index (χ2n) is 5.29. The molecule has 0 amide bonds. The monoisotopic (exact) mass is 805 g/mol. The maximum atomic E-state index is 11.8. The third-order valence-electron chi connectivity index (χ3n) is 3.54. The Morgan fingerprint density at radius 1 is 1.08 bits per heavy atom. The van der Waals surface area contributed by atoms with E-state index in [0.29, 0.717) is 12.2 Å². The van der Waals surface area contributed by atoms with Gasteiger partial charge in [-0.25, -0.2) is 0 Å². The zero-order chi connectivity index (χ0) is 19.4. The summed E-state index contributed by atoms with van der Waals surface area (Å²) in [6, 6.07) is 7.21. The lowest BCUT2D eigenvalue weighted by molar-refractivity contribution is -0.142. The van der Waals surface area contributed by atoms with Crippen LogP contribution in [0.2, 0.25) is 0 Å². The van der Waals surface area contributed by atoms with E-state index in [2.05, 4.69) is 95.7 Å². The summed E-state index contributed by atoms with van der Waals surface area (Å²) in [6.45, 7) is 0. The molecule has 0 aliphatic rings. The Bertz CT molecular complexity index is 782. The first-order valence-electron chi connectivity index (χ1n) is 7.35. The zero-order valence-corrected chi connectivity index (χ0v) is 22.4. The number of ether oxygens (including phenoxy) is 2. The number of methoxy groups -OCH3 is 1. The lowest BCUT2D eigenvalue weighted by Gasteiger charge is -2.16. The van der Waals surface area contributed by atoms with Crippen molar-refractivity contribution in [1.29, 1.82) is 0 Å². The van der Waals surface area contributed by atoms with Crippen LogP contribution in [0.1, 0.15) is 5.56 Å². The van der Waals surface area contributed by atoms with Gasteiger partial charge in [0.25, 0.3) is 0 Å². The third kappa shape index (κ3) is 5.70. The molecule has 5 nitrogen and oxygen atoms in total. The summed E-state index contributed by atoms with van der Waals surface area (Å²) in [7, 11) is 3.13. The number of benzene rings is 2. The lowest BCUT2D eigenvalue weighted by Crippen LogP contribution is -2.36. The van der Waals surface area contributed by atoms with E-state index in [-0.39, 0.29) is 11.7 Å². The van der Waals surface area contributed by atoms with Crippen LogP contribution in [0.4, 0.5) is 0 Å². The van der Waals surface area contributed by atoms with Crippen molar-refractivity contribution < 1.29 is 19.4 Å². The standard InChI is InChI=1S/C17H15I4NO4/c1-22-14(17(24)25-2)5-8-3-12(20)16(13(21)4-8)26-9-6-10(18)15(23)11(19)7-9/h3-4,6-7,14,22-23H,5H2,1-2H3. The summed E-state index contributed by atoms with van der Waals surface area (Å²) >= 11 is 8.61. The Balaban J connectivity index is 2.28. The molecule has 26 heavy (non-hydrogen) atoms. The average Bonchev–Trinajstić information content (AvgIpc) is 2.59. The topological polar surface area (TPSA) is 67.8 Å². The van der Waals surface area contributed by atoms with Gasteiger partial charge in [-0.05, 0) is 134 Å². The van der Waals surface area contributed by atoms with Gasteiger partial charge in [-0.15, -0.1) is 0 Å². The fourth-order valence-corrected chi connectivity index (χ4v) is 6.06. The number of hydrogen-bond acceptors (Lipinski definition) is 5. The summed E-state index contributed by atoms with van der Waals surface area (Å²) in [5, 5.41) is 12.9. The molecule has 2 aromatic rings. The molecule has 1 atom stereocenters. The smallest absolute Gasteiger partial charge is 0.323 e. The van der Waals surface area contributed by atoms with E-state index in [4.69, 9.17) is 9.47 Å². The number of nitrogens with one attached hydrogen (secondary N) is 1. The number of carbonyl (C=O) groups is 1. The highest BCUT2D eigenvalue weighted by Gasteiger charge is 2.19. The van der Waals surface area contributed by atoms with E-state index in [1.165, 1.54) is 7.11 Å². The van der Waals surface area contributed by atoms with Crippen molar-refractivity contribution in [3.63, 3.8) is 0 Å². The Morgan fingerprint density at radius 2 is 1.62 bits per heavy atom. The maximum absolute atomic E-state index is 11.8. The molecule has 0 aliphatic heterocycles. The quantitative estimate of drug-likeness (QED) is 0.322. The molecule has 0 spiro atoms. The van der Waals surface area contributed by atoms with Crippen LogP contribution in [-0.4, -0.2) is 31.3 Å². The molecule has 0 heterocycles. The van der Waals surface area contributed by atoms with Gasteiger partial charge in [0.15, 0.2) is 5.75 Å². The van der Waals surface area contributed by atoms with E-state index in [1.54, 1.807) is 19.2 Å². The van der Waals surface area contributed by atoms with Gasteiger partial charge in [0, 0.05) is 0 Å². The van der Waals surface area contributed by atoms with Crippen LogP contribution in [0.5, 0.6) is 17.2 Å². The molecular formula is C17H15I4NO4. The molecule has 0 radical (unpaired) electrons. The van der Waals surface area contributed by atoms with E-state index >= 15 is 0 Å². The average molecular weight is 805 g/mol. The van der Waals surface area contributed by atoms with E-state index < -0.39 is 6.04 Å². The lowest BCUT2D eigenvalue weighted by atomic mass is 10.1.